The molecule has 0 fully saturated rings. The molecule has 1 atom stereocenters. The van der Waals surface area contributed by atoms with Crippen LogP contribution in [0, 0.1) is 6.92 Å². The van der Waals surface area contributed by atoms with E-state index in [9.17, 15) is 9.59 Å². The Morgan fingerprint density at radius 3 is 2.67 bits per heavy atom. The van der Waals surface area contributed by atoms with Crippen molar-refractivity contribution in [2.75, 3.05) is 0 Å². The molecule has 0 spiro atoms. The van der Waals surface area contributed by atoms with Crippen LogP contribution in [0.3, 0.4) is 0 Å². The van der Waals surface area contributed by atoms with E-state index < -0.39 is 0 Å². The van der Waals surface area contributed by atoms with E-state index in [1.807, 2.05) is 50.2 Å². The van der Waals surface area contributed by atoms with Crippen molar-refractivity contribution in [2.24, 2.45) is 0 Å². The normalized spacial score (nSPS) is 12.1. The molecule has 3 aromatic rings. The fourth-order valence-corrected chi connectivity index (χ4v) is 3.12. The second-order valence-electron chi connectivity index (χ2n) is 7.01. The van der Waals surface area contributed by atoms with Gasteiger partial charge >= 0.3 is 0 Å². The second kappa shape index (κ2) is 8.62. The number of rotatable bonds is 7. The lowest BCUT2D eigenvalue weighted by Crippen LogP contribution is -2.33. The highest BCUT2D eigenvalue weighted by atomic mass is 16.2. The number of aromatic nitrogens is 2. The third-order valence-electron chi connectivity index (χ3n) is 4.64. The van der Waals surface area contributed by atoms with E-state index in [1.54, 1.807) is 6.20 Å². The van der Waals surface area contributed by atoms with Crippen LogP contribution >= 0.6 is 0 Å². The van der Waals surface area contributed by atoms with Crippen LogP contribution in [-0.4, -0.2) is 27.6 Å². The summed E-state index contributed by atoms with van der Waals surface area (Å²) in [6.07, 6.45) is 3.78. The number of hydrogen-bond donors (Lipinski definition) is 1. The van der Waals surface area contributed by atoms with Gasteiger partial charge in [-0.2, -0.15) is 5.10 Å². The summed E-state index contributed by atoms with van der Waals surface area (Å²) in [4.78, 5) is 24.6. The van der Waals surface area contributed by atoms with E-state index >= 15 is 0 Å². The van der Waals surface area contributed by atoms with Crippen molar-refractivity contribution in [3.63, 3.8) is 0 Å². The summed E-state index contributed by atoms with van der Waals surface area (Å²) in [6, 6.07) is 16.1. The third kappa shape index (κ3) is 5.03. The Morgan fingerprint density at radius 2 is 1.89 bits per heavy atom. The van der Waals surface area contributed by atoms with Crippen molar-refractivity contribution in [1.29, 1.82) is 0 Å². The van der Waals surface area contributed by atoms with Crippen molar-refractivity contribution in [3.05, 3.63) is 65.9 Å². The number of aryl methyl sites for hydroxylation is 2. The van der Waals surface area contributed by atoms with E-state index in [4.69, 9.17) is 0 Å². The van der Waals surface area contributed by atoms with E-state index in [0.717, 1.165) is 29.3 Å². The maximum absolute atomic E-state index is 12.4. The van der Waals surface area contributed by atoms with Gasteiger partial charge in [-0.1, -0.05) is 42.0 Å². The summed E-state index contributed by atoms with van der Waals surface area (Å²) in [7, 11) is 0. The lowest BCUT2D eigenvalue weighted by Gasteiger charge is -2.13. The molecule has 2 aromatic carbocycles. The van der Waals surface area contributed by atoms with Crippen LogP contribution in [0.4, 0.5) is 0 Å². The van der Waals surface area contributed by atoms with Crippen molar-refractivity contribution in [2.45, 2.75) is 45.6 Å². The SMILES string of the molecule is Cc1ccc2c(cnn2C(=O)CCC(=O)N[C@@H](C)CCc2ccccc2)c1. The summed E-state index contributed by atoms with van der Waals surface area (Å²) in [5.74, 6) is -0.267. The van der Waals surface area contributed by atoms with Gasteiger partial charge in [0.05, 0.1) is 11.7 Å². The molecule has 0 aliphatic heterocycles. The van der Waals surface area contributed by atoms with Gasteiger partial charge in [-0.25, -0.2) is 4.68 Å². The van der Waals surface area contributed by atoms with Crippen LogP contribution in [0.1, 0.15) is 42.1 Å². The summed E-state index contributed by atoms with van der Waals surface area (Å²) >= 11 is 0. The van der Waals surface area contributed by atoms with Gasteiger partial charge in [0.1, 0.15) is 0 Å². The van der Waals surface area contributed by atoms with Crippen molar-refractivity contribution >= 4 is 22.7 Å². The van der Waals surface area contributed by atoms with E-state index in [-0.39, 0.29) is 30.7 Å². The predicted molar refractivity (Wildman–Crippen MR) is 107 cm³/mol. The van der Waals surface area contributed by atoms with Crippen LogP contribution in [0.25, 0.3) is 10.9 Å². The standard InChI is InChI=1S/C22H25N3O2/c1-16-8-11-20-19(14-16)15-23-25(20)22(27)13-12-21(26)24-17(2)9-10-18-6-4-3-5-7-18/h3-8,11,14-15,17H,9-10,12-13H2,1-2H3,(H,24,26)/t17-/m0/s1. The number of amides is 1. The lowest BCUT2D eigenvalue weighted by atomic mass is 10.1. The molecule has 5 nitrogen and oxygen atoms in total. The number of carbonyl (C=O) groups is 2. The summed E-state index contributed by atoms with van der Waals surface area (Å²) in [5, 5.41) is 8.08. The van der Waals surface area contributed by atoms with Gasteiger partial charge < -0.3 is 5.32 Å². The molecule has 0 aliphatic rings. The average molecular weight is 363 g/mol. The molecule has 3 rings (SSSR count). The molecular formula is C22H25N3O2. The molecular weight excluding hydrogens is 338 g/mol. The highest BCUT2D eigenvalue weighted by Gasteiger charge is 2.14. The van der Waals surface area contributed by atoms with Crippen molar-refractivity contribution in [1.82, 2.24) is 15.1 Å². The first-order valence-corrected chi connectivity index (χ1v) is 9.34. The number of fused-ring (bicyclic) bond motifs is 1. The number of carbonyl (C=O) groups excluding carboxylic acids is 2. The maximum atomic E-state index is 12.4. The van der Waals surface area contributed by atoms with Gasteiger partial charge in [-0.05, 0) is 44.4 Å². The van der Waals surface area contributed by atoms with Crippen LogP contribution < -0.4 is 5.32 Å². The van der Waals surface area contributed by atoms with Crippen LogP contribution in [0.5, 0.6) is 0 Å². The van der Waals surface area contributed by atoms with Gasteiger partial charge in [0.2, 0.25) is 11.8 Å². The van der Waals surface area contributed by atoms with Gasteiger partial charge in [-0.15, -0.1) is 0 Å². The molecule has 1 N–H and O–H groups in total. The summed E-state index contributed by atoms with van der Waals surface area (Å²) < 4.78 is 1.39. The monoisotopic (exact) mass is 363 g/mol. The first kappa shape index (κ1) is 18.8. The fraction of sp³-hybridized carbons (Fsp3) is 0.318. The minimum Gasteiger partial charge on any atom is -0.354 e. The molecule has 140 valence electrons. The molecule has 0 bridgehead atoms. The Hall–Kier alpha value is -2.95. The third-order valence-corrected chi connectivity index (χ3v) is 4.64. The highest BCUT2D eigenvalue weighted by molar-refractivity contribution is 5.92. The minimum atomic E-state index is -0.166. The first-order chi connectivity index (χ1) is 13.0. The Morgan fingerprint density at radius 1 is 1.11 bits per heavy atom. The Bertz CT molecular complexity index is 931. The molecule has 1 aromatic heterocycles. The predicted octanol–water partition coefficient (Wildman–Crippen LogP) is 3.90. The molecule has 27 heavy (non-hydrogen) atoms. The molecule has 0 aliphatic carbocycles. The van der Waals surface area contributed by atoms with E-state index in [1.165, 1.54) is 10.2 Å². The molecule has 5 heteroatoms. The first-order valence-electron chi connectivity index (χ1n) is 9.34. The zero-order valence-corrected chi connectivity index (χ0v) is 15.8. The van der Waals surface area contributed by atoms with Crippen LogP contribution in [-0.2, 0) is 11.2 Å². The van der Waals surface area contributed by atoms with Crippen LogP contribution in [0.15, 0.2) is 54.7 Å². The van der Waals surface area contributed by atoms with Gasteiger partial charge in [0.15, 0.2) is 0 Å². The number of benzene rings is 2. The second-order valence-corrected chi connectivity index (χ2v) is 7.01. The van der Waals surface area contributed by atoms with Gasteiger partial charge in [0, 0.05) is 24.3 Å². The van der Waals surface area contributed by atoms with Gasteiger partial charge in [0.25, 0.3) is 0 Å². The van der Waals surface area contributed by atoms with Crippen LogP contribution in [0.2, 0.25) is 0 Å². The maximum Gasteiger partial charge on any atom is 0.247 e. The molecule has 0 unspecified atom stereocenters. The largest absolute Gasteiger partial charge is 0.354 e. The summed E-state index contributed by atoms with van der Waals surface area (Å²) in [6.45, 7) is 3.99. The molecule has 1 amide bonds. The zero-order chi connectivity index (χ0) is 19.2. The number of nitrogens with zero attached hydrogens (tertiary/aromatic N) is 2. The Kier molecular flexibility index (Phi) is 6.01. The molecule has 0 saturated heterocycles. The Labute approximate surface area is 159 Å². The lowest BCUT2D eigenvalue weighted by molar-refractivity contribution is -0.121. The highest BCUT2D eigenvalue weighted by Crippen LogP contribution is 2.16. The Balaban J connectivity index is 1.47. The number of hydrogen-bond acceptors (Lipinski definition) is 3. The number of nitrogens with one attached hydrogen (secondary N) is 1. The quantitative estimate of drug-likeness (QED) is 0.692. The average Bonchev–Trinajstić information content (AvgIpc) is 3.08. The molecule has 1 heterocycles. The topological polar surface area (TPSA) is 64.0 Å². The smallest absolute Gasteiger partial charge is 0.247 e. The van der Waals surface area contributed by atoms with E-state index in [2.05, 4.69) is 22.5 Å². The van der Waals surface area contributed by atoms with Crippen molar-refractivity contribution < 1.29 is 9.59 Å². The van der Waals surface area contributed by atoms with Crippen molar-refractivity contribution in [3.8, 4) is 0 Å². The fourth-order valence-electron chi connectivity index (χ4n) is 3.12. The summed E-state index contributed by atoms with van der Waals surface area (Å²) in [5.41, 5.74) is 3.16. The minimum absolute atomic E-state index is 0.0707. The zero-order valence-electron chi connectivity index (χ0n) is 15.8. The van der Waals surface area contributed by atoms with Gasteiger partial charge in [-0.3, -0.25) is 9.59 Å². The van der Waals surface area contributed by atoms with E-state index in [0.29, 0.717) is 0 Å². The molecule has 0 radical (unpaired) electrons. The molecule has 0 saturated carbocycles.